The summed E-state index contributed by atoms with van der Waals surface area (Å²) in [5.74, 6) is 1.56. The highest BCUT2D eigenvalue weighted by molar-refractivity contribution is 5.79. The molecule has 1 heterocycles. The first-order chi connectivity index (χ1) is 13.7. The molecule has 2 aliphatic carbocycles. The first kappa shape index (κ1) is 21.8. The van der Waals surface area contributed by atoms with Crippen LogP contribution in [0.4, 0.5) is 0 Å². The van der Waals surface area contributed by atoms with Crippen LogP contribution < -0.4 is 10.6 Å². The van der Waals surface area contributed by atoms with Gasteiger partial charge in [-0.05, 0) is 64.5 Å². The Kier molecular flexibility index (Phi) is 8.87. The van der Waals surface area contributed by atoms with Gasteiger partial charge in [0.1, 0.15) is 0 Å². The van der Waals surface area contributed by atoms with E-state index in [4.69, 9.17) is 9.73 Å². The van der Waals surface area contributed by atoms with Crippen molar-refractivity contribution in [3.05, 3.63) is 0 Å². The topological polar surface area (TPSA) is 69.1 Å². The van der Waals surface area contributed by atoms with Crippen molar-refractivity contribution < 1.29 is 9.84 Å². The van der Waals surface area contributed by atoms with Crippen LogP contribution in [0.5, 0.6) is 0 Å². The molecule has 3 rings (SSSR count). The highest BCUT2D eigenvalue weighted by atomic mass is 16.5. The summed E-state index contributed by atoms with van der Waals surface area (Å²) in [5, 5.41) is 16.9. The van der Waals surface area contributed by atoms with Crippen molar-refractivity contribution in [3.63, 3.8) is 0 Å². The third-order valence-electron chi connectivity index (χ3n) is 6.55. The Morgan fingerprint density at radius 1 is 1.11 bits per heavy atom. The molecule has 0 aromatic rings. The van der Waals surface area contributed by atoms with Crippen molar-refractivity contribution in [1.29, 1.82) is 0 Å². The summed E-state index contributed by atoms with van der Waals surface area (Å²) in [5.41, 5.74) is 0.243. The van der Waals surface area contributed by atoms with Crippen LogP contribution in [0.15, 0.2) is 4.99 Å². The highest BCUT2D eigenvalue weighted by Gasteiger charge is 2.38. The standard InChI is InChI=1S/C22H42N4O2/c1-2-23-21(24-15-20(27)17-28-16-19-9-10-19)25-18-22(11-5-3-6-12-22)26-13-7-4-8-14-26/h19-20,27H,2-18H2,1H3,(H2,23,24,25). The molecule has 2 saturated carbocycles. The van der Waals surface area contributed by atoms with E-state index in [1.807, 2.05) is 0 Å². The van der Waals surface area contributed by atoms with Crippen LogP contribution in [0.25, 0.3) is 0 Å². The number of aliphatic hydroxyl groups is 1. The summed E-state index contributed by atoms with van der Waals surface area (Å²) in [6.45, 7) is 7.92. The molecule has 1 aliphatic heterocycles. The van der Waals surface area contributed by atoms with Gasteiger partial charge in [0.15, 0.2) is 5.96 Å². The minimum atomic E-state index is -0.492. The lowest BCUT2D eigenvalue weighted by molar-refractivity contribution is 0.0343. The van der Waals surface area contributed by atoms with Gasteiger partial charge < -0.3 is 20.5 Å². The quantitative estimate of drug-likeness (QED) is 0.392. The summed E-state index contributed by atoms with van der Waals surface area (Å²) >= 11 is 0. The van der Waals surface area contributed by atoms with Crippen LogP contribution >= 0.6 is 0 Å². The van der Waals surface area contributed by atoms with Crippen molar-refractivity contribution >= 4 is 5.96 Å². The molecule has 0 bridgehead atoms. The van der Waals surface area contributed by atoms with Gasteiger partial charge in [-0.25, -0.2) is 0 Å². The van der Waals surface area contributed by atoms with Crippen LogP contribution in [-0.4, -0.2) is 73.5 Å². The monoisotopic (exact) mass is 394 g/mol. The molecule has 0 amide bonds. The Bertz CT molecular complexity index is 469. The van der Waals surface area contributed by atoms with Crippen LogP contribution in [0.1, 0.15) is 71.1 Å². The van der Waals surface area contributed by atoms with E-state index >= 15 is 0 Å². The maximum atomic E-state index is 10.2. The zero-order valence-electron chi connectivity index (χ0n) is 17.9. The van der Waals surface area contributed by atoms with E-state index in [-0.39, 0.29) is 5.54 Å². The molecule has 1 atom stereocenters. The predicted octanol–water partition coefficient (Wildman–Crippen LogP) is 2.52. The number of aliphatic hydroxyl groups excluding tert-OH is 1. The number of nitrogens with zero attached hydrogens (tertiary/aromatic N) is 2. The molecular weight excluding hydrogens is 352 g/mol. The van der Waals surface area contributed by atoms with Gasteiger partial charge in [0.2, 0.25) is 0 Å². The fraction of sp³-hybridized carbons (Fsp3) is 0.955. The van der Waals surface area contributed by atoms with E-state index in [1.54, 1.807) is 0 Å². The molecule has 0 aromatic heterocycles. The maximum absolute atomic E-state index is 10.2. The second-order valence-electron chi connectivity index (χ2n) is 9.04. The van der Waals surface area contributed by atoms with Gasteiger partial charge in [-0.15, -0.1) is 0 Å². The molecule has 1 saturated heterocycles. The van der Waals surface area contributed by atoms with Crippen LogP contribution in [0.2, 0.25) is 0 Å². The van der Waals surface area contributed by atoms with E-state index in [9.17, 15) is 5.11 Å². The van der Waals surface area contributed by atoms with Crippen molar-refractivity contribution in [1.82, 2.24) is 15.5 Å². The third kappa shape index (κ3) is 6.89. The molecule has 1 unspecified atom stereocenters. The number of rotatable bonds is 10. The lowest BCUT2D eigenvalue weighted by Gasteiger charge is -2.47. The molecule has 28 heavy (non-hydrogen) atoms. The van der Waals surface area contributed by atoms with Crippen molar-refractivity contribution in [2.75, 3.05) is 45.9 Å². The molecule has 6 nitrogen and oxygen atoms in total. The third-order valence-corrected chi connectivity index (χ3v) is 6.55. The Balaban J connectivity index is 1.51. The number of nitrogens with one attached hydrogen (secondary N) is 2. The number of guanidine groups is 1. The smallest absolute Gasteiger partial charge is 0.191 e. The molecule has 3 fully saturated rings. The molecule has 162 valence electrons. The molecular formula is C22H42N4O2. The predicted molar refractivity (Wildman–Crippen MR) is 115 cm³/mol. The number of likely N-dealkylation sites (tertiary alicyclic amines) is 1. The molecule has 3 N–H and O–H groups in total. The average Bonchev–Trinajstić information content (AvgIpc) is 3.56. The van der Waals surface area contributed by atoms with Gasteiger partial charge in [0.05, 0.1) is 19.3 Å². The average molecular weight is 395 g/mol. The lowest BCUT2D eigenvalue weighted by Crippen LogP contribution is -2.55. The Morgan fingerprint density at radius 3 is 2.50 bits per heavy atom. The van der Waals surface area contributed by atoms with Crippen molar-refractivity contribution in [2.45, 2.75) is 82.8 Å². The van der Waals surface area contributed by atoms with Gasteiger partial charge in [0.25, 0.3) is 0 Å². The largest absolute Gasteiger partial charge is 0.389 e. The van der Waals surface area contributed by atoms with Gasteiger partial charge in [-0.1, -0.05) is 25.7 Å². The van der Waals surface area contributed by atoms with E-state index in [0.717, 1.165) is 31.6 Å². The van der Waals surface area contributed by atoms with Crippen LogP contribution in [0.3, 0.4) is 0 Å². The number of piperidine rings is 1. The number of hydrogen-bond acceptors (Lipinski definition) is 4. The van der Waals surface area contributed by atoms with Crippen molar-refractivity contribution in [3.8, 4) is 0 Å². The zero-order chi connectivity index (χ0) is 19.7. The van der Waals surface area contributed by atoms with Crippen LogP contribution in [0, 0.1) is 5.92 Å². The summed E-state index contributed by atoms with van der Waals surface area (Å²) in [7, 11) is 0. The summed E-state index contributed by atoms with van der Waals surface area (Å²) in [6.07, 6.45) is 12.7. The molecule has 6 heteroatoms. The van der Waals surface area contributed by atoms with Gasteiger partial charge in [-0.3, -0.25) is 9.89 Å². The first-order valence-corrected chi connectivity index (χ1v) is 11.7. The second kappa shape index (κ2) is 11.4. The molecule has 0 radical (unpaired) electrons. The Morgan fingerprint density at radius 2 is 1.82 bits per heavy atom. The minimum absolute atomic E-state index is 0.243. The van der Waals surface area contributed by atoms with Crippen molar-refractivity contribution in [2.24, 2.45) is 10.9 Å². The van der Waals surface area contributed by atoms with Gasteiger partial charge in [-0.2, -0.15) is 0 Å². The summed E-state index contributed by atoms with van der Waals surface area (Å²) in [6, 6.07) is 0. The zero-order valence-corrected chi connectivity index (χ0v) is 17.9. The number of aliphatic imine (C=N–C) groups is 1. The number of hydrogen-bond donors (Lipinski definition) is 3. The SMILES string of the molecule is CCNC(=NCC1(N2CCCCC2)CCCCC1)NCC(O)COCC1CC1. The fourth-order valence-corrected chi connectivity index (χ4v) is 4.65. The lowest BCUT2D eigenvalue weighted by atomic mass is 9.79. The van der Waals surface area contributed by atoms with Crippen LogP contribution in [-0.2, 0) is 4.74 Å². The van der Waals surface area contributed by atoms with Gasteiger partial charge >= 0.3 is 0 Å². The normalized spacial score (nSPS) is 24.7. The van der Waals surface area contributed by atoms with E-state index in [2.05, 4.69) is 22.5 Å². The summed E-state index contributed by atoms with van der Waals surface area (Å²) < 4.78 is 5.61. The number of ether oxygens (including phenoxy) is 1. The molecule has 3 aliphatic rings. The van der Waals surface area contributed by atoms with Gasteiger partial charge in [0, 0.05) is 25.2 Å². The summed E-state index contributed by atoms with van der Waals surface area (Å²) in [4.78, 5) is 7.72. The second-order valence-corrected chi connectivity index (χ2v) is 9.04. The van der Waals surface area contributed by atoms with E-state index in [0.29, 0.717) is 13.2 Å². The Labute approximate surface area is 171 Å². The Hall–Kier alpha value is -0.850. The maximum Gasteiger partial charge on any atom is 0.191 e. The first-order valence-electron chi connectivity index (χ1n) is 11.7. The van der Waals surface area contributed by atoms with E-state index in [1.165, 1.54) is 77.3 Å². The fourth-order valence-electron chi connectivity index (χ4n) is 4.65. The van der Waals surface area contributed by atoms with E-state index < -0.39 is 6.10 Å². The highest BCUT2D eigenvalue weighted by Crippen LogP contribution is 2.35. The molecule has 0 aromatic carbocycles. The minimum Gasteiger partial charge on any atom is -0.389 e. The molecule has 0 spiro atoms.